The molecule has 0 N–H and O–H groups in total. The number of hydrogen-bond acceptors (Lipinski definition) is 3. The fourth-order valence-corrected chi connectivity index (χ4v) is 2.84. The van der Waals surface area contributed by atoms with Crippen LogP contribution >= 0.6 is 0 Å². The Hall–Kier alpha value is -3.09. The highest BCUT2D eigenvalue weighted by atomic mass is 19.4. The maximum Gasteiger partial charge on any atom is 0.450 e. The van der Waals surface area contributed by atoms with Crippen molar-refractivity contribution in [3.63, 3.8) is 0 Å². The van der Waals surface area contributed by atoms with Crippen LogP contribution in [0.5, 0.6) is 0 Å². The zero-order valence-electron chi connectivity index (χ0n) is 14.1. The van der Waals surface area contributed by atoms with Crippen LogP contribution in [0.15, 0.2) is 59.0 Å². The van der Waals surface area contributed by atoms with E-state index >= 15 is 0 Å². The first-order valence-corrected chi connectivity index (χ1v) is 7.92. The SMILES string of the molecule is COC(=O)c1c(C(F)(F)F)oc(Cc2cccc(F)c2)c1-c1ccccc1. The van der Waals surface area contributed by atoms with Crippen molar-refractivity contribution in [3.8, 4) is 11.1 Å². The van der Waals surface area contributed by atoms with Gasteiger partial charge in [-0.2, -0.15) is 13.2 Å². The summed E-state index contributed by atoms with van der Waals surface area (Å²) in [6.45, 7) is 0. The number of hydrogen-bond donors (Lipinski definition) is 0. The van der Waals surface area contributed by atoms with Gasteiger partial charge in [0.15, 0.2) is 0 Å². The highest BCUT2D eigenvalue weighted by Crippen LogP contribution is 2.42. The van der Waals surface area contributed by atoms with Gasteiger partial charge in [-0.3, -0.25) is 0 Å². The molecule has 0 radical (unpaired) electrons. The molecule has 140 valence electrons. The monoisotopic (exact) mass is 378 g/mol. The number of esters is 1. The summed E-state index contributed by atoms with van der Waals surface area (Å²) in [6.07, 6.45) is -5.02. The second kappa shape index (κ2) is 7.26. The molecule has 0 bridgehead atoms. The summed E-state index contributed by atoms with van der Waals surface area (Å²) in [7, 11) is 0.997. The summed E-state index contributed by atoms with van der Waals surface area (Å²) in [5.74, 6) is -3.21. The average Bonchev–Trinajstić information content (AvgIpc) is 3.01. The van der Waals surface area contributed by atoms with E-state index in [4.69, 9.17) is 4.42 Å². The molecule has 0 saturated heterocycles. The van der Waals surface area contributed by atoms with E-state index in [9.17, 15) is 22.4 Å². The minimum Gasteiger partial charge on any atom is -0.465 e. The molecule has 0 aliphatic heterocycles. The van der Waals surface area contributed by atoms with Gasteiger partial charge in [0.25, 0.3) is 0 Å². The van der Waals surface area contributed by atoms with Crippen molar-refractivity contribution in [2.45, 2.75) is 12.6 Å². The van der Waals surface area contributed by atoms with Crippen LogP contribution in [0.3, 0.4) is 0 Å². The summed E-state index contributed by atoms with van der Waals surface area (Å²) in [4.78, 5) is 12.2. The van der Waals surface area contributed by atoms with Gasteiger partial charge >= 0.3 is 12.1 Å². The first kappa shape index (κ1) is 18.7. The zero-order valence-corrected chi connectivity index (χ0v) is 14.1. The van der Waals surface area contributed by atoms with Gasteiger partial charge < -0.3 is 9.15 Å². The summed E-state index contributed by atoms with van der Waals surface area (Å²) in [6, 6.07) is 13.5. The molecule has 1 aromatic heterocycles. The normalized spacial score (nSPS) is 11.4. The van der Waals surface area contributed by atoms with E-state index in [0.717, 1.165) is 7.11 Å². The number of alkyl halides is 3. The standard InChI is InChI=1S/C20H14F4O3/c1-26-19(25)17-16(13-7-3-2-4-8-13)15(27-18(17)20(22,23)24)11-12-6-5-9-14(21)10-12/h2-10H,11H2,1H3. The molecular formula is C20H14F4O3. The predicted molar refractivity (Wildman–Crippen MR) is 89.7 cm³/mol. The number of carbonyl (C=O) groups excluding carboxylic acids is 1. The molecule has 0 saturated carbocycles. The quantitative estimate of drug-likeness (QED) is 0.446. The first-order chi connectivity index (χ1) is 12.8. The average molecular weight is 378 g/mol. The summed E-state index contributed by atoms with van der Waals surface area (Å²) < 4.78 is 63.6. The molecule has 0 amide bonds. The third-order valence-electron chi connectivity index (χ3n) is 3.94. The molecule has 3 aromatic rings. The van der Waals surface area contributed by atoms with Gasteiger partial charge in [0.05, 0.1) is 7.11 Å². The zero-order chi connectivity index (χ0) is 19.6. The molecule has 2 aromatic carbocycles. The Morgan fingerprint density at radius 2 is 1.78 bits per heavy atom. The number of carbonyl (C=O) groups is 1. The molecule has 3 rings (SSSR count). The molecule has 0 unspecified atom stereocenters. The van der Waals surface area contributed by atoms with Gasteiger partial charge in [-0.05, 0) is 23.3 Å². The Morgan fingerprint density at radius 1 is 1.07 bits per heavy atom. The summed E-state index contributed by atoms with van der Waals surface area (Å²) in [5.41, 5.74) is 0.0660. The first-order valence-electron chi connectivity index (χ1n) is 7.92. The van der Waals surface area contributed by atoms with Crippen molar-refractivity contribution >= 4 is 5.97 Å². The molecular weight excluding hydrogens is 364 g/mol. The topological polar surface area (TPSA) is 39.4 Å². The largest absolute Gasteiger partial charge is 0.465 e. The highest BCUT2D eigenvalue weighted by Gasteiger charge is 2.43. The van der Waals surface area contributed by atoms with E-state index in [2.05, 4.69) is 4.74 Å². The number of methoxy groups -OCH3 is 1. The van der Waals surface area contributed by atoms with Crippen LogP contribution in [0.1, 0.15) is 27.4 Å². The lowest BCUT2D eigenvalue weighted by molar-refractivity contribution is -0.153. The number of rotatable bonds is 4. The van der Waals surface area contributed by atoms with Crippen molar-refractivity contribution in [1.29, 1.82) is 0 Å². The molecule has 0 aliphatic carbocycles. The Kier molecular flexibility index (Phi) is 5.03. The smallest absolute Gasteiger partial charge is 0.450 e. The van der Waals surface area contributed by atoms with Gasteiger partial charge in [-0.15, -0.1) is 0 Å². The van der Waals surface area contributed by atoms with Gasteiger partial charge in [-0.1, -0.05) is 42.5 Å². The van der Waals surface area contributed by atoms with Crippen molar-refractivity contribution in [3.05, 3.63) is 83.1 Å². The van der Waals surface area contributed by atoms with Gasteiger partial charge in [0.2, 0.25) is 5.76 Å². The number of furan rings is 1. The maximum atomic E-state index is 13.5. The lowest BCUT2D eigenvalue weighted by Crippen LogP contribution is -2.12. The van der Waals surface area contributed by atoms with E-state index in [1.54, 1.807) is 36.4 Å². The summed E-state index contributed by atoms with van der Waals surface area (Å²) >= 11 is 0. The van der Waals surface area contributed by atoms with Crippen LogP contribution in [0.25, 0.3) is 11.1 Å². The highest BCUT2D eigenvalue weighted by molar-refractivity contribution is 5.99. The third-order valence-corrected chi connectivity index (χ3v) is 3.94. The third kappa shape index (κ3) is 3.86. The molecule has 0 atom stereocenters. The van der Waals surface area contributed by atoms with Crippen molar-refractivity contribution < 1.29 is 31.5 Å². The number of ether oxygens (including phenoxy) is 1. The lowest BCUT2D eigenvalue weighted by Gasteiger charge is -2.07. The Balaban J connectivity index is 2.25. The van der Waals surface area contributed by atoms with Crippen molar-refractivity contribution in [2.24, 2.45) is 0 Å². The van der Waals surface area contributed by atoms with Crippen LogP contribution in [0, 0.1) is 5.82 Å². The molecule has 0 aliphatic rings. The maximum absolute atomic E-state index is 13.5. The Labute approximate surface area is 152 Å². The molecule has 3 nitrogen and oxygen atoms in total. The minimum atomic E-state index is -4.90. The van der Waals surface area contributed by atoms with E-state index < -0.39 is 29.3 Å². The van der Waals surface area contributed by atoms with Crippen molar-refractivity contribution in [2.75, 3.05) is 7.11 Å². The Bertz CT molecular complexity index is 959. The molecule has 0 spiro atoms. The van der Waals surface area contributed by atoms with Gasteiger partial charge in [0.1, 0.15) is 17.1 Å². The number of halogens is 4. The van der Waals surface area contributed by atoms with E-state index in [-0.39, 0.29) is 17.7 Å². The Morgan fingerprint density at radius 3 is 2.37 bits per heavy atom. The van der Waals surface area contributed by atoms with Crippen LogP contribution in [0.4, 0.5) is 17.6 Å². The fraction of sp³-hybridized carbons (Fsp3) is 0.150. The second-order valence-corrected chi connectivity index (χ2v) is 5.77. The fourth-order valence-electron chi connectivity index (χ4n) is 2.84. The molecule has 7 heteroatoms. The predicted octanol–water partition coefficient (Wildman–Crippen LogP) is 5.48. The molecule has 1 heterocycles. The van der Waals surface area contributed by atoms with Gasteiger partial charge in [-0.25, -0.2) is 9.18 Å². The van der Waals surface area contributed by atoms with E-state index in [1.165, 1.54) is 18.2 Å². The second-order valence-electron chi connectivity index (χ2n) is 5.77. The van der Waals surface area contributed by atoms with Crippen LogP contribution in [-0.4, -0.2) is 13.1 Å². The number of benzene rings is 2. The minimum absolute atomic E-state index is 0.0148. The van der Waals surface area contributed by atoms with E-state index in [1.807, 2.05) is 0 Å². The van der Waals surface area contributed by atoms with Crippen molar-refractivity contribution in [1.82, 2.24) is 0 Å². The molecule has 27 heavy (non-hydrogen) atoms. The lowest BCUT2D eigenvalue weighted by atomic mass is 9.97. The summed E-state index contributed by atoms with van der Waals surface area (Å²) in [5, 5.41) is 0. The molecule has 0 fully saturated rings. The van der Waals surface area contributed by atoms with Crippen LogP contribution in [0.2, 0.25) is 0 Å². The van der Waals surface area contributed by atoms with Crippen LogP contribution < -0.4 is 0 Å². The van der Waals surface area contributed by atoms with Gasteiger partial charge in [0, 0.05) is 12.0 Å². The van der Waals surface area contributed by atoms with Crippen LogP contribution in [-0.2, 0) is 17.3 Å². The van der Waals surface area contributed by atoms with E-state index in [0.29, 0.717) is 11.1 Å².